The van der Waals surface area contributed by atoms with Crippen molar-refractivity contribution in [2.75, 3.05) is 6.61 Å². The Hall–Kier alpha value is -0.410. The van der Waals surface area contributed by atoms with Crippen LogP contribution in [0.4, 0.5) is 0 Å². The fraction of sp³-hybridized carbons (Fsp3) is 0.889. The molecule has 1 aliphatic heterocycles. The van der Waals surface area contributed by atoms with E-state index < -0.39 is 0 Å². The fourth-order valence-corrected chi connectivity index (χ4v) is 1.71. The van der Waals surface area contributed by atoms with Gasteiger partial charge in [0.15, 0.2) is 0 Å². The maximum Gasteiger partial charge on any atom is 0.120 e. The average Bonchev–Trinajstić information content (AvgIpc) is 2.47. The van der Waals surface area contributed by atoms with Crippen LogP contribution in [0.1, 0.15) is 26.2 Å². The van der Waals surface area contributed by atoms with Gasteiger partial charge in [0.25, 0.3) is 0 Å². The smallest absolute Gasteiger partial charge is 0.120 e. The summed E-state index contributed by atoms with van der Waals surface area (Å²) in [5, 5.41) is 9.48. The summed E-state index contributed by atoms with van der Waals surface area (Å²) in [6.45, 7) is 2.64. The maximum absolute atomic E-state index is 10.3. The predicted molar refractivity (Wildman–Crippen MR) is 44.8 cm³/mol. The zero-order valence-electron chi connectivity index (χ0n) is 7.40. The summed E-state index contributed by atoms with van der Waals surface area (Å²) in [5.74, 6) is 0.194. The van der Waals surface area contributed by atoms with Gasteiger partial charge in [-0.05, 0) is 12.3 Å². The molecule has 70 valence electrons. The second kappa shape index (κ2) is 4.58. The molecule has 3 nitrogen and oxygen atoms in total. The molecule has 0 spiro atoms. The third-order valence-corrected chi connectivity index (χ3v) is 2.49. The molecular weight excluding hydrogens is 156 g/mol. The number of aliphatic hydroxyl groups excluding tert-OH is 1. The van der Waals surface area contributed by atoms with E-state index in [1.807, 2.05) is 6.92 Å². The van der Waals surface area contributed by atoms with E-state index in [1.54, 1.807) is 0 Å². The second-order valence-electron chi connectivity index (χ2n) is 3.26. The monoisotopic (exact) mass is 172 g/mol. The van der Waals surface area contributed by atoms with E-state index >= 15 is 0 Å². The van der Waals surface area contributed by atoms with Gasteiger partial charge in [-0.1, -0.05) is 13.3 Å². The van der Waals surface area contributed by atoms with Gasteiger partial charge in [0.1, 0.15) is 6.29 Å². The van der Waals surface area contributed by atoms with Crippen molar-refractivity contribution in [1.82, 2.24) is 0 Å². The fourth-order valence-electron chi connectivity index (χ4n) is 1.71. The normalized spacial score (nSPS) is 31.8. The lowest BCUT2D eigenvalue weighted by molar-refractivity contribution is -0.110. The molecule has 0 saturated carbocycles. The van der Waals surface area contributed by atoms with E-state index in [1.165, 1.54) is 0 Å². The summed E-state index contributed by atoms with van der Waals surface area (Å²) >= 11 is 0. The number of aliphatic hydroxyl groups is 1. The number of carbonyl (C=O) groups excluding carboxylic acids is 1. The molecule has 0 aromatic heterocycles. The molecule has 12 heavy (non-hydrogen) atoms. The van der Waals surface area contributed by atoms with Crippen molar-refractivity contribution in [2.24, 2.45) is 5.92 Å². The van der Waals surface area contributed by atoms with Gasteiger partial charge in [-0.15, -0.1) is 0 Å². The largest absolute Gasteiger partial charge is 0.390 e. The van der Waals surface area contributed by atoms with Crippen LogP contribution in [0, 0.1) is 5.92 Å². The number of hydrogen-bond donors (Lipinski definition) is 1. The highest BCUT2D eigenvalue weighted by Crippen LogP contribution is 2.25. The van der Waals surface area contributed by atoms with Crippen LogP contribution < -0.4 is 0 Å². The Morgan fingerprint density at radius 2 is 2.50 bits per heavy atom. The van der Waals surface area contributed by atoms with Gasteiger partial charge in [-0.3, -0.25) is 0 Å². The number of hydrogen-bond acceptors (Lipinski definition) is 3. The number of rotatable bonds is 4. The van der Waals surface area contributed by atoms with E-state index in [9.17, 15) is 9.90 Å². The molecule has 1 rings (SSSR count). The van der Waals surface area contributed by atoms with Crippen molar-refractivity contribution in [3.05, 3.63) is 0 Å². The lowest BCUT2D eigenvalue weighted by atomic mass is 9.93. The molecule has 1 aliphatic rings. The molecule has 0 radical (unpaired) electrons. The minimum atomic E-state index is -0.366. The Kier molecular flexibility index (Phi) is 3.69. The highest BCUT2D eigenvalue weighted by molar-refractivity contribution is 5.49. The number of carbonyl (C=O) groups is 1. The highest BCUT2D eigenvalue weighted by Gasteiger charge is 2.32. The van der Waals surface area contributed by atoms with E-state index in [2.05, 4.69) is 0 Å². The molecule has 2 unspecified atom stereocenters. The van der Waals surface area contributed by atoms with Gasteiger partial charge < -0.3 is 14.6 Å². The average molecular weight is 172 g/mol. The topological polar surface area (TPSA) is 46.5 Å². The summed E-state index contributed by atoms with van der Waals surface area (Å²) in [4.78, 5) is 10.3. The van der Waals surface area contributed by atoms with Crippen molar-refractivity contribution >= 4 is 6.29 Å². The molecule has 1 heterocycles. The van der Waals surface area contributed by atoms with Crippen LogP contribution in [0.5, 0.6) is 0 Å². The van der Waals surface area contributed by atoms with Gasteiger partial charge in [-0.2, -0.15) is 0 Å². The standard InChI is InChI=1S/C9H16O3/c1-2-7(3-5-10)9-8(11)4-6-12-9/h5,7-9,11H,2-4,6H2,1H3/t7?,8?,9-/m1/s1. The SMILES string of the molecule is CCC(CC=O)[C@H]1OCCC1O. The van der Waals surface area contributed by atoms with Crippen LogP contribution in [0.25, 0.3) is 0 Å². The molecule has 0 bridgehead atoms. The summed E-state index contributed by atoms with van der Waals surface area (Å²) < 4.78 is 5.36. The van der Waals surface area contributed by atoms with Gasteiger partial charge in [0, 0.05) is 13.0 Å². The van der Waals surface area contributed by atoms with Crippen LogP contribution >= 0.6 is 0 Å². The second-order valence-corrected chi connectivity index (χ2v) is 3.26. The molecule has 0 aliphatic carbocycles. The molecule has 1 saturated heterocycles. The van der Waals surface area contributed by atoms with Crippen LogP contribution in [-0.2, 0) is 9.53 Å². The first-order valence-corrected chi connectivity index (χ1v) is 4.53. The first-order valence-electron chi connectivity index (χ1n) is 4.53. The van der Waals surface area contributed by atoms with E-state index in [-0.39, 0.29) is 18.1 Å². The molecule has 3 heteroatoms. The molecule has 1 N–H and O–H groups in total. The van der Waals surface area contributed by atoms with Crippen molar-refractivity contribution in [1.29, 1.82) is 0 Å². The molecule has 0 amide bonds. The molecule has 3 atom stereocenters. The van der Waals surface area contributed by atoms with Crippen LogP contribution in [0.2, 0.25) is 0 Å². The lowest BCUT2D eigenvalue weighted by Crippen LogP contribution is -2.29. The molecular formula is C9H16O3. The summed E-state index contributed by atoms with van der Waals surface area (Å²) in [6, 6.07) is 0. The summed E-state index contributed by atoms with van der Waals surface area (Å²) in [5.41, 5.74) is 0. The first-order chi connectivity index (χ1) is 5.79. The van der Waals surface area contributed by atoms with Crippen LogP contribution in [0.3, 0.4) is 0 Å². The number of ether oxygens (including phenoxy) is 1. The Bertz CT molecular complexity index is 147. The minimum absolute atomic E-state index is 0.111. The third kappa shape index (κ3) is 2.05. The third-order valence-electron chi connectivity index (χ3n) is 2.49. The Labute approximate surface area is 72.7 Å². The zero-order chi connectivity index (χ0) is 8.97. The quantitative estimate of drug-likeness (QED) is 0.636. The van der Waals surface area contributed by atoms with Gasteiger partial charge in [-0.25, -0.2) is 0 Å². The predicted octanol–water partition coefficient (Wildman–Crippen LogP) is 0.751. The van der Waals surface area contributed by atoms with E-state index in [0.29, 0.717) is 19.4 Å². The maximum atomic E-state index is 10.3. The van der Waals surface area contributed by atoms with Crippen LogP contribution in [-0.4, -0.2) is 30.2 Å². The van der Waals surface area contributed by atoms with Crippen molar-refractivity contribution < 1.29 is 14.6 Å². The van der Waals surface area contributed by atoms with Crippen molar-refractivity contribution in [3.8, 4) is 0 Å². The zero-order valence-corrected chi connectivity index (χ0v) is 7.40. The van der Waals surface area contributed by atoms with Crippen LogP contribution in [0.15, 0.2) is 0 Å². The summed E-state index contributed by atoms with van der Waals surface area (Å²) in [6.07, 6.45) is 2.52. The Balaban J connectivity index is 2.46. The molecule has 0 aromatic carbocycles. The lowest BCUT2D eigenvalue weighted by Gasteiger charge is -2.21. The van der Waals surface area contributed by atoms with E-state index in [0.717, 1.165) is 12.7 Å². The molecule has 0 aromatic rings. The minimum Gasteiger partial charge on any atom is -0.390 e. The number of aldehydes is 1. The Morgan fingerprint density at radius 3 is 2.92 bits per heavy atom. The van der Waals surface area contributed by atoms with Gasteiger partial charge in [0.2, 0.25) is 0 Å². The van der Waals surface area contributed by atoms with Gasteiger partial charge in [0.05, 0.1) is 12.2 Å². The van der Waals surface area contributed by atoms with Gasteiger partial charge >= 0.3 is 0 Å². The first kappa shape index (κ1) is 9.68. The highest BCUT2D eigenvalue weighted by atomic mass is 16.5. The summed E-state index contributed by atoms with van der Waals surface area (Å²) in [7, 11) is 0. The Morgan fingerprint density at radius 1 is 1.75 bits per heavy atom. The van der Waals surface area contributed by atoms with Crippen molar-refractivity contribution in [2.45, 2.75) is 38.4 Å². The molecule has 1 fully saturated rings. The van der Waals surface area contributed by atoms with E-state index in [4.69, 9.17) is 4.74 Å². The van der Waals surface area contributed by atoms with Crippen molar-refractivity contribution in [3.63, 3.8) is 0 Å².